The molecule has 0 atom stereocenters. The molecule has 0 unspecified atom stereocenters. The normalized spacial score (nSPS) is 11.4. The number of carbonyl (C=O) groups is 1. The first kappa shape index (κ1) is 25.0. The Balaban J connectivity index is 1.34. The number of ether oxygens (including phenoxy) is 1. The lowest BCUT2D eigenvalue weighted by molar-refractivity contribution is -0.152. The van der Waals surface area contributed by atoms with E-state index in [0.29, 0.717) is 18.7 Å². The Morgan fingerprint density at radius 3 is 2.14 bits per heavy atom. The van der Waals surface area contributed by atoms with E-state index in [4.69, 9.17) is 4.74 Å². The summed E-state index contributed by atoms with van der Waals surface area (Å²) in [7, 11) is 1.76. The van der Waals surface area contributed by atoms with Gasteiger partial charge in [0, 0.05) is 13.5 Å². The SMILES string of the molecule is Cn1c(CCCc2ccc(OC(C)(C)C(=O)O)cc2)nn(Cc2ccc(-c3ccccc3)cc2)c1=O. The zero-order valence-corrected chi connectivity index (χ0v) is 20.8. The second-order valence-electron chi connectivity index (χ2n) is 9.39. The molecule has 4 aromatic rings. The molecule has 0 aliphatic heterocycles. The summed E-state index contributed by atoms with van der Waals surface area (Å²) in [5.41, 5.74) is 3.02. The van der Waals surface area contributed by atoms with Crippen LogP contribution >= 0.6 is 0 Å². The molecular weight excluding hydrogens is 454 g/mol. The van der Waals surface area contributed by atoms with Gasteiger partial charge in [-0.25, -0.2) is 14.3 Å². The smallest absolute Gasteiger partial charge is 0.347 e. The molecule has 7 heteroatoms. The van der Waals surface area contributed by atoms with Gasteiger partial charge in [-0.05, 0) is 61.1 Å². The standard InChI is InChI=1S/C29H31N3O4/c1-29(2,27(33)34)36-25-18-14-21(15-19-25)8-7-11-26-30-32(28(35)31(26)3)20-22-12-16-24(17-13-22)23-9-5-4-6-10-23/h4-6,9-10,12-19H,7-8,11,20H2,1-3H3,(H,33,34). The van der Waals surface area contributed by atoms with Gasteiger partial charge < -0.3 is 9.84 Å². The number of hydrogen-bond acceptors (Lipinski definition) is 4. The fraction of sp³-hybridized carbons (Fsp3) is 0.276. The molecule has 1 heterocycles. The fourth-order valence-corrected chi connectivity index (χ4v) is 3.97. The molecule has 0 aliphatic rings. The quantitative estimate of drug-likeness (QED) is 0.351. The molecule has 0 spiro atoms. The Labute approximate surface area is 210 Å². The summed E-state index contributed by atoms with van der Waals surface area (Å²) in [6.45, 7) is 3.47. The Morgan fingerprint density at radius 1 is 0.889 bits per heavy atom. The van der Waals surface area contributed by atoms with Gasteiger partial charge in [0.25, 0.3) is 0 Å². The number of benzene rings is 3. The molecule has 7 nitrogen and oxygen atoms in total. The van der Waals surface area contributed by atoms with Crippen molar-refractivity contribution in [1.29, 1.82) is 0 Å². The monoisotopic (exact) mass is 485 g/mol. The minimum absolute atomic E-state index is 0.125. The maximum atomic E-state index is 12.7. The van der Waals surface area contributed by atoms with Crippen molar-refractivity contribution < 1.29 is 14.6 Å². The van der Waals surface area contributed by atoms with Gasteiger partial charge in [0.2, 0.25) is 0 Å². The second kappa shape index (κ2) is 10.6. The van der Waals surface area contributed by atoms with Gasteiger partial charge in [-0.2, -0.15) is 5.10 Å². The molecule has 4 rings (SSSR count). The summed E-state index contributed by atoms with van der Waals surface area (Å²) >= 11 is 0. The van der Waals surface area contributed by atoms with Crippen LogP contribution in [0.1, 0.15) is 37.2 Å². The van der Waals surface area contributed by atoms with E-state index in [2.05, 4.69) is 29.4 Å². The molecule has 0 amide bonds. The van der Waals surface area contributed by atoms with Crippen molar-refractivity contribution in [2.24, 2.45) is 7.05 Å². The van der Waals surface area contributed by atoms with Gasteiger partial charge >= 0.3 is 11.7 Å². The van der Waals surface area contributed by atoms with Gasteiger partial charge in [-0.1, -0.05) is 66.7 Å². The lowest BCUT2D eigenvalue weighted by Gasteiger charge is -2.21. The predicted octanol–water partition coefficient (Wildman–Crippen LogP) is 4.71. The summed E-state index contributed by atoms with van der Waals surface area (Å²) in [5.74, 6) is 0.258. The van der Waals surface area contributed by atoms with Crippen LogP contribution in [0.4, 0.5) is 0 Å². The number of carboxylic acids is 1. The molecule has 36 heavy (non-hydrogen) atoms. The van der Waals surface area contributed by atoms with Crippen LogP contribution in [0, 0.1) is 0 Å². The van der Waals surface area contributed by atoms with Crippen molar-refractivity contribution in [2.75, 3.05) is 0 Å². The molecule has 1 aromatic heterocycles. The van der Waals surface area contributed by atoms with E-state index in [1.807, 2.05) is 42.5 Å². The van der Waals surface area contributed by atoms with Crippen molar-refractivity contribution in [1.82, 2.24) is 14.3 Å². The van der Waals surface area contributed by atoms with Gasteiger partial charge in [-0.15, -0.1) is 0 Å². The van der Waals surface area contributed by atoms with Crippen LogP contribution in [-0.4, -0.2) is 31.0 Å². The largest absolute Gasteiger partial charge is 0.478 e. The fourth-order valence-electron chi connectivity index (χ4n) is 3.97. The van der Waals surface area contributed by atoms with E-state index in [0.717, 1.165) is 40.9 Å². The van der Waals surface area contributed by atoms with Gasteiger partial charge in [0.1, 0.15) is 11.6 Å². The Kier molecular flexibility index (Phi) is 7.38. The molecule has 0 saturated heterocycles. The van der Waals surface area contributed by atoms with E-state index in [1.54, 1.807) is 23.7 Å². The van der Waals surface area contributed by atoms with E-state index < -0.39 is 11.6 Å². The van der Waals surface area contributed by atoms with Crippen LogP contribution in [0.25, 0.3) is 11.1 Å². The maximum absolute atomic E-state index is 12.7. The Bertz CT molecular complexity index is 1370. The van der Waals surface area contributed by atoms with Gasteiger partial charge in [-0.3, -0.25) is 4.57 Å². The van der Waals surface area contributed by atoms with Crippen molar-refractivity contribution in [3.05, 3.63) is 106 Å². The highest BCUT2D eigenvalue weighted by Gasteiger charge is 2.29. The molecule has 0 radical (unpaired) electrons. The zero-order chi connectivity index (χ0) is 25.7. The van der Waals surface area contributed by atoms with Crippen molar-refractivity contribution in [3.63, 3.8) is 0 Å². The Morgan fingerprint density at radius 2 is 1.50 bits per heavy atom. The summed E-state index contributed by atoms with van der Waals surface area (Å²) in [6, 6.07) is 25.8. The van der Waals surface area contributed by atoms with Crippen LogP contribution in [0.3, 0.4) is 0 Å². The molecule has 0 aliphatic carbocycles. The third-order valence-corrected chi connectivity index (χ3v) is 6.20. The molecule has 1 N–H and O–H groups in total. The molecular formula is C29H31N3O4. The lowest BCUT2D eigenvalue weighted by Crippen LogP contribution is -2.37. The molecule has 0 saturated carbocycles. The lowest BCUT2D eigenvalue weighted by atomic mass is 10.0. The average Bonchev–Trinajstić information content (AvgIpc) is 3.13. The zero-order valence-electron chi connectivity index (χ0n) is 20.8. The number of carboxylic acid groups (broad SMARTS) is 1. The van der Waals surface area contributed by atoms with Crippen LogP contribution in [0.15, 0.2) is 83.7 Å². The van der Waals surface area contributed by atoms with Crippen LogP contribution in [0.5, 0.6) is 5.75 Å². The van der Waals surface area contributed by atoms with Crippen LogP contribution in [0.2, 0.25) is 0 Å². The number of nitrogens with zero attached hydrogens (tertiary/aromatic N) is 3. The highest BCUT2D eigenvalue weighted by atomic mass is 16.5. The van der Waals surface area contributed by atoms with Gasteiger partial charge in [0.15, 0.2) is 5.60 Å². The highest BCUT2D eigenvalue weighted by molar-refractivity contribution is 5.76. The molecule has 0 fully saturated rings. The number of aromatic nitrogens is 3. The van der Waals surface area contributed by atoms with E-state index in [1.165, 1.54) is 18.5 Å². The third-order valence-electron chi connectivity index (χ3n) is 6.20. The summed E-state index contributed by atoms with van der Waals surface area (Å²) in [4.78, 5) is 24.0. The summed E-state index contributed by atoms with van der Waals surface area (Å²) < 4.78 is 8.68. The average molecular weight is 486 g/mol. The maximum Gasteiger partial charge on any atom is 0.347 e. The summed E-state index contributed by atoms with van der Waals surface area (Å²) in [6.07, 6.45) is 2.32. The van der Waals surface area contributed by atoms with Crippen molar-refractivity contribution in [2.45, 2.75) is 45.3 Å². The first-order valence-electron chi connectivity index (χ1n) is 12.0. The summed E-state index contributed by atoms with van der Waals surface area (Å²) in [5, 5.41) is 13.8. The second-order valence-corrected chi connectivity index (χ2v) is 9.39. The first-order chi connectivity index (χ1) is 17.2. The number of aliphatic carboxylic acids is 1. The highest BCUT2D eigenvalue weighted by Crippen LogP contribution is 2.21. The first-order valence-corrected chi connectivity index (χ1v) is 12.0. The molecule has 3 aromatic carbocycles. The van der Waals surface area contributed by atoms with Crippen molar-refractivity contribution >= 4 is 5.97 Å². The predicted molar refractivity (Wildman–Crippen MR) is 139 cm³/mol. The minimum Gasteiger partial charge on any atom is -0.478 e. The topological polar surface area (TPSA) is 86.3 Å². The van der Waals surface area contributed by atoms with E-state index in [-0.39, 0.29) is 5.69 Å². The number of hydrogen-bond donors (Lipinski definition) is 1. The Hall–Kier alpha value is -4.13. The minimum atomic E-state index is -1.28. The number of aryl methyl sites for hydroxylation is 2. The molecule has 186 valence electrons. The number of rotatable bonds is 10. The van der Waals surface area contributed by atoms with Crippen LogP contribution < -0.4 is 10.4 Å². The van der Waals surface area contributed by atoms with Crippen molar-refractivity contribution in [3.8, 4) is 16.9 Å². The van der Waals surface area contributed by atoms with E-state index in [9.17, 15) is 14.7 Å². The van der Waals surface area contributed by atoms with Gasteiger partial charge in [0.05, 0.1) is 6.54 Å². The van der Waals surface area contributed by atoms with E-state index >= 15 is 0 Å². The molecule has 0 bridgehead atoms. The third kappa shape index (κ3) is 5.92. The van der Waals surface area contributed by atoms with Crippen LogP contribution in [-0.2, 0) is 31.2 Å².